The molecule has 23 heavy (non-hydrogen) atoms. The summed E-state index contributed by atoms with van der Waals surface area (Å²) in [6.45, 7) is 1.80. The van der Waals surface area contributed by atoms with Gasteiger partial charge in [-0.1, -0.05) is 24.3 Å². The number of nitrogens with zero attached hydrogens (tertiary/aromatic N) is 2. The lowest BCUT2D eigenvalue weighted by atomic mass is 9.97. The summed E-state index contributed by atoms with van der Waals surface area (Å²) >= 11 is 0. The van der Waals surface area contributed by atoms with Gasteiger partial charge in [0.25, 0.3) is 5.91 Å². The number of hydrogen-bond acceptors (Lipinski definition) is 4. The van der Waals surface area contributed by atoms with Crippen molar-refractivity contribution in [2.24, 2.45) is 0 Å². The molecule has 1 N–H and O–H groups in total. The Morgan fingerprint density at radius 2 is 2.09 bits per heavy atom. The van der Waals surface area contributed by atoms with Crippen molar-refractivity contribution in [3.8, 4) is 5.75 Å². The van der Waals surface area contributed by atoms with E-state index < -0.39 is 0 Å². The first-order valence-electron chi connectivity index (χ1n) is 7.80. The molecule has 0 bridgehead atoms. The van der Waals surface area contributed by atoms with Crippen LogP contribution in [-0.2, 0) is 0 Å². The maximum absolute atomic E-state index is 11.7. The number of carbonyl (C=O) groups excluding carboxylic acids is 1. The van der Waals surface area contributed by atoms with Gasteiger partial charge in [0.15, 0.2) is 0 Å². The number of pyridine rings is 1. The van der Waals surface area contributed by atoms with E-state index in [9.17, 15) is 4.79 Å². The van der Waals surface area contributed by atoms with Crippen molar-refractivity contribution in [3.63, 3.8) is 0 Å². The van der Waals surface area contributed by atoms with E-state index in [0.29, 0.717) is 11.6 Å². The van der Waals surface area contributed by atoms with Gasteiger partial charge in [-0.05, 0) is 30.2 Å². The molecule has 3 rings (SSSR count). The van der Waals surface area contributed by atoms with Crippen molar-refractivity contribution in [1.82, 2.24) is 10.3 Å². The van der Waals surface area contributed by atoms with E-state index in [-0.39, 0.29) is 5.91 Å². The van der Waals surface area contributed by atoms with Gasteiger partial charge in [0, 0.05) is 26.1 Å². The van der Waals surface area contributed by atoms with Crippen LogP contribution in [0.1, 0.15) is 28.4 Å². The summed E-state index contributed by atoms with van der Waals surface area (Å²) < 4.78 is 5.48. The molecule has 1 fully saturated rings. The van der Waals surface area contributed by atoms with Gasteiger partial charge >= 0.3 is 0 Å². The number of amides is 1. The fourth-order valence-electron chi connectivity index (χ4n) is 3.08. The number of nitrogens with one attached hydrogen (secondary N) is 1. The molecule has 2 aromatic rings. The van der Waals surface area contributed by atoms with Gasteiger partial charge < -0.3 is 15.0 Å². The van der Waals surface area contributed by atoms with Gasteiger partial charge in [0.05, 0.1) is 7.11 Å². The first-order chi connectivity index (χ1) is 11.2. The van der Waals surface area contributed by atoms with Gasteiger partial charge in [-0.25, -0.2) is 4.98 Å². The summed E-state index contributed by atoms with van der Waals surface area (Å²) in [4.78, 5) is 18.4. The lowest BCUT2D eigenvalue weighted by Crippen LogP contribution is -2.23. The van der Waals surface area contributed by atoms with Gasteiger partial charge in [-0.2, -0.15) is 0 Å². The average Bonchev–Trinajstić information content (AvgIpc) is 3.11. The molecule has 0 spiro atoms. The summed E-state index contributed by atoms with van der Waals surface area (Å²) in [5, 5.41) is 2.61. The van der Waals surface area contributed by atoms with E-state index >= 15 is 0 Å². The van der Waals surface area contributed by atoms with Crippen LogP contribution in [0, 0.1) is 0 Å². The Morgan fingerprint density at radius 3 is 2.87 bits per heavy atom. The molecule has 1 saturated heterocycles. The van der Waals surface area contributed by atoms with Gasteiger partial charge in [-0.3, -0.25) is 4.79 Å². The number of ether oxygens (including phenoxy) is 1. The number of rotatable bonds is 4. The molecule has 5 nitrogen and oxygen atoms in total. The molecule has 1 amide bonds. The van der Waals surface area contributed by atoms with E-state index in [0.717, 1.165) is 31.1 Å². The molecule has 2 heterocycles. The Bertz CT molecular complexity index is 702. The third kappa shape index (κ3) is 3.13. The maximum atomic E-state index is 11.7. The maximum Gasteiger partial charge on any atom is 0.269 e. The van der Waals surface area contributed by atoms with Crippen molar-refractivity contribution < 1.29 is 9.53 Å². The minimum absolute atomic E-state index is 0.160. The largest absolute Gasteiger partial charge is 0.496 e. The van der Waals surface area contributed by atoms with Crippen LogP contribution in [0.3, 0.4) is 0 Å². The van der Waals surface area contributed by atoms with Crippen LogP contribution < -0.4 is 15.0 Å². The second kappa shape index (κ2) is 6.69. The van der Waals surface area contributed by atoms with E-state index in [1.54, 1.807) is 20.2 Å². The molecule has 0 radical (unpaired) electrons. The fourth-order valence-corrected chi connectivity index (χ4v) is 3.08. The van der Waals surface area contributed by atoms with Crippen LogP contribution in [-0.4, -0.2) is 38.1 Å². The smallest absolute Gasteiger partial charge is 0.269 e. The summed E-state index contributed by atoms with van der Waals surface area (Å²) in [6.07, 6.45) is 1.05. The minimum atomic E-state index is -0.160. The van der Waals surface area contributed by atoms with Crippen molar-refractivity contribution in [1.29, 1.82) is 0 Å². The second-order valence-electron chi connectivity index (χ2n) is 5.63. The molecule has 120 valence electrons. The highest BCUT2D eigenvalue weighted by molar-refractivity contribution is 5.92. The number of para-hydroxylation sites is 1. The third-order valence-corrected chi connectivity index (χ3v) is 4.29. The van der Waals surface area contributed by atoms with Crippen molar-refractivity contribution >= 4 is 11.7 Å². The van der Waals surface area contributed by atoms with E-state index in [2.05, 4.69) is 21.3 Å². The molecule has 1 aliphatic heterocycles. The average molecular weight is 311 g/mol. The molecule has 1 atom stereocenters. The highest BCUT2D eigenvalue weighted by Crippen LogP contribution is 2.34. The van der Waals surface area contributed by atoms with Crippen LogP contribution in [0.2, 0.25) is 0 Å². The van der Waals surface area contributed by atoms with E-state index in [1.165, 1.54) is 5.56 Å². The molecule has 5 heteroatoms. The lowest BCUT2D eigenvalue weighted by Gasteiger charge is -2.19. The van der Waals surface area contributed by atoms with Crippen molar-refractivity contribution in [2.75, 3.05) is 32.1 Å². The molecule has 1 aromatic carbocycles. The van der Waals surface area contributed by atoms with Crippen LogP contribution >= 0.6 is 0 Å². The van der Waals surface area contributed by atoms with Crippen LogP contribution in [0.15, 0.2) is 42.5 Å². The van der Waals surface area contributed by atoms with E-state index in [4.69, 9.17) is 4.74 Å². The van der Waals surface area contributed by atoms with E-state index in [1.807, 2.05) is 30.3 Å². The first-order valence-corrected chi connectivity index (χ1v) is 7.80. The summed E-state index contributed by atoms with van der Waals surface area (Å²) in [5.41, 5.74) is 1.69. The number of carbonyl (C=O) groups is 1. The fraction of sp³-hybridized carbons (Fsp3) is 0.333. The Morgan fingerprint density at radius 1 is 1.26 bits per heavy atom. The SMILES string of the molecule is CNC(=O)c1cccc(N2CCC(c3ccccc3OC)C2)n1. The zero-order valence-electron chi connectivity index (χ0n) is 13.5. The summed E-state index contributed by atoms with van der Waals surface area (Å²) in [6, 6.07) is 13.7. The molecule has 1 aromatic heterocycles. The number of methoxy groups -OCH3 is 1. The zero-order valence-corrected chi connectivity index (χ0v) is 13.5. The Hall–Kier alpha value is -2.56. The predicted octanol–water partition coefficient (Wildman–Crippen LogP) is 2.44. The Kier molecular flexibility index (Phi) is 4.46. The predicted molar refractivity (Wildman–Crippen MR) is 90.2 cm³/mol. The normalized spacial score (nSPS) is 17.1. The molecular weight excluding hydrogens is 290 g/mol. The highest BCUT2D eigenvalue weighted by atomic mass is 16.5. The number of benzene rings is 1. The molecule has 0 aliphatic carbocycles. The van der Waals surface area contributed by atoms with Gasteiger partial charge in [-0.15, -0.1) is 0 Å². The van der Waals surface area contributed by atoms with Crippen LogP contribution in [0.5, 0.6) is 5.75 Å². The molecular formula is C18H21N3O2. The zero-order chi connectivity index (χ0) is 16.2. The monoisotopic (exact) mass is 311 g/mol. The Balaban J connectivity index is 1.79. The number of anilines is 1. The first kappa shape index (κ1) is 15.3. The summed E-state index contributed by atoms with van der Waals surface area (Å²) in [7, 11) is 3.32. The topological polar surface area (TPSA) is 54.5 Å². The number of aromatic nitrogens is 1. The van der Waals surface area contributed by atoms with Crippen molar-refractivity contribution in [3.05, 3.63) is 53.7 Å². The van der Waals surface area contributed by atoms with Gasteiger partial charge in [0.2, 0.25) is 0 Å². The highest BCUT2D eigenvalue weighted by Gasteiger charge is 2.27. The second-order valence-corrected chi connectivity index (χ2v) is 5.63. The van der Waals surface area contributed by atoms with Crippen molar-refractivity contribution in [2.45, 2.75) is 12.3 Å². The molecule has 0 saturated carbocycles. The Labute approximate surface area is 136 Å². The minimum Gasteiger partial charge on any atom is -0.496 e. The van der Waals surface area contributed by atoms with Gasteiger partial charge in [0.1, 0.15) is 17.3 Å². The summed E-state index contributed by atoms with van der Waals surface area (Å²) in [5.74, 6) is 2.04. The third-order valence-electron chi connectivity index (χ3n) is 4.29. The van der Waals surface area contributed by atoms with Crippen LogP contribution in [0.25, 0.3) is 0 Å². The standard InChI is InChI=1S/C18H21N3O2/c1-19-18(22)15-7-5-9-17(20-15)21-11-10-13(12-21)14-6-3-4-8-16(14)23-2/h3-9,13H,10-12H2,1-2H3,(H,19,22). The van der Waals surface area contributed by atoms with Crippen LogP contribution in [0.4, 0.5) is 5.82 Å². The quantitative estimate of drug-likeness (QED) is 0.942. The number of hydrogen-bond donors (Lipinski definition) is 1. The lowest BCUT2D eigenvalue weighted by molar-refractivity contribution is 0.0958. The molecule has 1 unspecified atom stereocenters. The molecule has 1 aliphatic rings.